The number of nitrogens with one attached hydrogen (secondary N) is 1. The van der Waals surface area contributed by atoms with Crippen LogP contribution in [0, 0.1) is 5.92 Å². The van der Waals surface area contributed by atoms with Gasteiger partial charge in [-0.25, -0.2) is 0 Å². The first-order chi connectivity index (χ1) is 9.04. The number of fused-ring (bicyclic) bond motifs is 1. The second-order valence-corrected chi connectivity index (χ2v) is 5.97. The van der Waals surface area contributed by atoms with Gasteiger partial charge in [0.15, 0.2) is 0 Å². The summed E-state index contributed by atoms with van der Waals surface area (Å²) in [5.41, 5.74) is 9.99. The summed E-state index contributed by atoms with van der Waals surface area (Å²) in [7, 11) is 0. The fourth-order valence-electron chi connectivity index (χ4n) is 3.30. The molecular weight excluding hydrogens is 238 g/mol. The van der Waals surface area contributed by atoms with E-state index in [1.807, 2.05) is 12.1 Å². The lowest BCUT2D eigenvalue weighted by Crippen LogP contribution is -2.40. The molecule has 1 amide bonds. The lowest BCUT2D eigenvalue weighted by Gasteiger charge is -2.39. The van der Waals surface area contributed by atoms with Gasteiger partial charge in [-0.05, 0) is 43.4 Å². The molecule has 19 heavy (non-hydrogen) atoms. The molecule has 1 fully saturated rings. The fourth-order valence-corrected chi connectivity index (χ4v) is 3.30. The number of rotatable bonds is 1. The zero-order chi connectivity index (χ0) is 13.6. The molecule has 3 rings (SSSR count). The van der Waals surface area contributed by atoms with Crippen molar-refractivity contribution in [2.24, 2.45) is 5.92 Å². The van der Waals surface area contributed by atoms with Crippen LogP contribution in [0.1, 0.15) is 32.3 Å². The zero-order valence-electron chi connectivity index (χ0n) is 11.6. The minimum absolute atomic E-state index is 0.0619. The third-order valence-corrected chi connectivity index (χ3v) is 4.33. The normalized spacial score (nSPS) is 26.2. The Morgan fingerprint density at radius 3 is 2.89 bits per heavy atom. The first kappa shape index (κ1) is 12.3. The molecule has 2 aliphatic rings. The SMILES string of the molecule is CC1CCN(c2cc3c(cc2N)CC(=O)N3)C(C)C1. The number of nitrogens with zero attached hydrogens (tertiary/aromatic N) is 1. The van der Waals surface area contributed by atoms with Crippen LogP contribution in [0.15, 0.2) is 12.1 Å². The van der Waals surface area contributed by atoms with E-state index in [4.69, 9.17) is 5.73 Å². The zero-order valence-corrected chi connectivity index (χ0v) is 11.6. The molecule has 4 heteroatoms. The topological polar surface area (TPSA) is 58.4 Å². The number of carbonyl (C=O) groups is 1. The highest BCUT2D eigenvalue weighted by Crippen LogP contribution is 2.37. The Labute approximate surface area is 114 Å². The maximum absolute atomic E-state index is 11.4. The number of nitrogen functional groups attached to an aromatic ring is 1. The lowest BCUT2D eigenvalue weighted by molar-refractivity contribution is -0.115. The summed E-state index contributed by atoms with van der Waals surface area (Å²) >= 11 is 0. The molecule has 0 bridgehead atoms. The Kier molecular flexibility index (Phi) is 2.88. The van der Waals surface area contributed by atoms with Gasteiger partial charge in [0.2, 0.25) is 5.91 Å². The monoisotopic (exact) mass is 259 g/mol. The van der Waals surface area contributed by atoms with E-state index >= 15 is 0 Å². The number of nitrogens with two attached hydrogens (primary N) is 1. The fraction of sp³-hybridized carbons (Fsp3) is 0.533. The first-order valence-electron chi connectivity index (χ1n) is 7.03. The van der Waals surface area contributed by atoms with E-state index in [0.29, 0.717) is 12.5 Å². The van der Waals surface area contributed by atoms with Gasteiger partial charge in [-0.2, -0.15) is 0 Å². The minimum Gasteiger partial charge on any atom is -0.397 e. The van der Waals surface area contributed by atoms with Crippen LogP contribution in [0.3, 0.4) is 0 Å². The van der Waals surface area contributed by atoms with E-state index in [0.717, 1.165) is 35.1 Å². The molecule has 4 nitrogen and oxygen atoms in total. The largest absolute Gasteiger partial charge is 0.397 e. The molecule has 2 aliphatic heterocycles. The van der Waals surface area contributed by atoms with Crippen LogP contribution in [0.2, 0.25) is 0 Å². The van der Waals surface area contributed by atoms with E-state index in [-0.39, 0.29) is 5.91 Å². The highest BCUT2D eigenvalue weighted by atomic mass is 16.1. The van der Waals surface area contributed by atoms with Crippen LogP contribution in [-0.4, -0.2) is 18.5 Å². The van der Waals surface area contributed by atoms with E-state index < -0.39 is 0 Å². The van der Waals surface area contributed by atoms with E-state index in [1.165, 1.54) is 12.8 Å². The summed E-state index contributed by atoms with van der Waals surface area (Å²) in [6, 6.07) is 4.50. The van der Waals surface area contributed by atoms with Gasteiger partial charge in [0.05, 0.1) is 17.8 Å². The number of hydrogen-bond acceptors (Lipinski definition) is 3. The highest BCUT2D eigenvalue weighted by molar-refractivity contribution is 6.01. The number of hydrogen-bond donors (Lipinski definition) is 2. The summed E-state index contributed by atoms with van der Waals surface area (Å²) in [5.74, 6) is 0.841. The number of anilines is 3. The lowest BCUT2D eigenvalue weighted by atomic mass is 9.92. The van der Waals surface area contributed by atoms with Gasteiger partial charge in [0.1, 0.15) is 0 Å². The predicted molar refractivity (Wildman–Crippen MR) is 78.4 cm³/mol. The van der Waals surface area contributed by atoms with Gasteiger partial charge in [-0.15, -0.1) is 0 Å². The van der Waals surface area contributed by atoms with Crippen molar-refractivity contribution in [2.45, 2.75) is 39.2 Å². The predicted octanol–water partition coefficient (Wildman–Crippen LogP) is 2.39. The molecule has 102 valence electrons. The first-order valence-corrected chi connectivity index (χ1v) is 7.03. The molecule has 2 atom stereocenters. The molecule has 1 saturated heterocycles. The maximum atomic E-state index is 11.4. The van der Waals surface area contributed by atoms with Gasteiger partial charge < -0.3 is 16.0 Å². The molecule has 2 heterocycles. The van der Waals surface area contributed by atoms with Crippen molar-refractivity contribution in [3.05, 3.63) is 17.7 Å². The Morgan fingerprint density at radius 2 is 2.16 bits per heavy atom. The van der Waals surface area contributed by atoms with Gasteiger partial charge in [-0.3, -0.25) is 4.79 Å². The van der Waals surface area contributed by atoms with Crippen molar-refractivity contribution in [2.75, 3.05) is 22.5 Å². The number of piperidine rings is 1. The van der Waals surface area contributed by atoms with Crippen LogP contribution in [0.5, 0.6) is 0 Å². The van der Waals surface area contributed by atoms with Crippen molar-refractivity contribution < 1.29 is 4.79 Å². The van der Waals surface area contributed by atoms with E-state index in [9.17, 15) is 4.79 Å². The number of carbonyl (C=O) groups excluding carboxylic acids is 1. The summed E-state index contributed by atoms with van der Waals surface area (Å²) in [6.45, 7) is 5.60. The molecule has 1 aromatic rings. The van der Waals surface area contributed by atoms with Gasteiger partial charge >= 0.3 is 0 Å². The average molecular weight is 259 g/mol. The number of amides is 1. The molecular formula is C15H21N3O. The standard InChI is InChI=1S/C15H21N3O/c1-9-3-4-18(10(2)5-9)14-8-13-11(6-12(14)16)7-15(19)17-13/h6,8-10H,3-5,7,16H2,1-2H3,(H,17,19). The minimum atomic E-state index is 0.0619. The van der Waals surface area contributed by atoms with Crippen LogP contribution < -0.4 is 16.0 Å². The van der Waals surface area contributed by atoms with Crippen LogP contribution in [0.25, 0.3) is 0 Å². The summed E-state index contributed by atoms with van der Waals surface area (Å²) in [6.07, 6.45) is 2.85. The second kappa shape index (κ2) is 4.44. The smallest absolute Gasteiger partial charge is 0.228 e. The van der Waals surface area contributed by atoms with Gasteiger partial charge in [0, 0.05) is 18.3 Å². The molecule has 0 spiro atoms. The van der Waals surface area contributed by atoms with Crippen LogP contribution >= 0.6 is 0 Å². The summed E-state index contributed by atoms with van der Waals surface area (Å²) in [4.78, 5) is 13.8. The quantitative estimate of drug-likeness (QED) is 0.761. The van der Waals surface area contributed by atoms with Crippen LogP contribution in [-0.2, 0) is 11.2 Å². The summed E-state index contributed by atoms with van der Waals surface area (Å²) in [5, 5.41) is 2.91. The second-order valence-electron chi connectivity index (χ2n) is 5.97. The van der Waals surface area contributed by atoms with E-state index in [2.05, 4.69) is 24.1 Å². The Bertz CT molecular complexity index is 526. The van der Waals surface area contributed by atoms with Gasteiger partial charge in [0.25, 0.3) is 0 Å². The molecule has 2 unspecified atom stereocenters. The molecule has 1 aromatic carbocycles. The van der Waals surface area contributed by atoms with Crippen LogP contribution in [0.4, 0.5) is 17.1 Å². The Balaban J connectivity index is 1.93. The highest BCUT2D eigenvalue weighted by Gasteiger charge is 2.26. The van der Waals surface area contributed by atoms with Crippen molar-refractivity contribution >= 4 is 23.0 Å². The molecule has 0 saturated carbocycles. The van der Waals surface area contributed by atoms with Crippen molar-refractivity contribution in [1.29, 1.82) is 0 Å². The Morgan fingerprint density at radius 1 is 1.37 bits per heavy atom. The van der Waals surface area contributed by atoms with E-state index in [1.54, 1.807) is 0 Å². The van der Waals surface area contributed by atoms with Crippen molar-refractivity contribution in [3.63, 3.8) is 0 Å². The Hall–Kier alpha value is -1.71. The summed E-state index contributed by atoms with van der Waals surface area (Å²) < 4.78 is 0. The van der Waals surface area contributed by atoms with Crippen molar-refractivity contribution in [3.8, 4) is 0 Å². The molecule has 0 aliphatic carbocycles. The average Bonchev–Trinajstić information content (AvgIpc) is 2.68. The molecule has 3 N–H and O–H groups in total. The third kappa shape index (κ3) is 2.15. The molecule has 0 aromatic heterocycles. The maximum Gasteiger partial charge on any atom is 0.228 e. The third-order valence-electron chi connectivity index (χ3n) is 4.33. The van der Waals surface area contributed by atoms with Crippen molar-refractivity contribution in [1.82, 2.24) is 0 Å². The number of benzene rings is 1. The van der Waals surface area contributed by atoms with Gasteiger partial charge in [-0.1, -0.05) is 6.92 Å². The molecule has 0 radical (unpaired) electrons.